The molecular formula is C37H30N4O. The van der Waals surface area contributed by atoms with Crippen LogP contribution in [0.2, 0.25) is 0 Å². The number of hydrogen-bond acceptors (Lipinski definition) is 3. The number of rotatable bonds is 6. The fourth-order valence-electron chi connectivity index (χ4n) is 6.26. The van der Waals surface area contributed by atoms with Crippen molar-refractivity contribution in [3.63, 3.8) is 0 Å². The Morgan fingerprint density at radius 2 is 1.29 bits per heavy atom. The summed E-state index contributed by atoms with van der Waals surface area (Å²) in [6, 6.07) is 39.9. The van der Waals surface area contributed by atoms with E-state index in [-0.39, 0.29) is 5.78 Å². The third-order valence-electron chi connectivity index (χ3n) is 8.19. The van der Waals surface area contributed by atoms with Crippen LogP contribution in [0.1, 0.15) is 44.7 Å². The number of nitrogens with zero attached hydrogens (tertiary/aromatic N) is 4. The van der Waals surface area contributed by atoms with Crippen LogP contribution < -0.4 is 0 Å². The molecule has 0 atom stereocenters. The monoisotopic (exact) mass is 546 g/mol. The van der Waals surface area contributed by atoms with Crippen LogP contribution in [-0.2, 0) is 19.0 Å². The molecule has 6 aromatic rings. The summed E-state index contributed by atoms with van der Waals surface area (Å²) in [7, 11) is 1.86. The molecule has 7 rings (SSSR count). The Balaban J connectivity index is 1.38. The molecule has 2 aromatic heterocycles. The molecule has 204 valence electrons. The third kappa shape index (κ3) is 4.31. The quantitative estimate of drug-likeness (QED) is 0.162. The number of benzene rings is 4. The topological polar surface area (TPSA) is 52.7 Å². The lowest BCUT2D eigenvalue weighted by Crippen LogP contribution is -2.36. The van der Waals surface area contributed by atoms with E-state index < -0.39 is 5.54 Å². The maximum atomic E-state index is 13.3. The molecule has 4 aromatic carbocycles. The fourth-order valence-corrected chi connectivity index (χ4v) is 6.26. The van der Waals surface area contributed by atoms with E-state index in [2.05, 4.69) is 101 Å². The smallest absolute Gasteiger partial charge is 0.209 e. The Morgan fingerprint density at radius 1 is 0.714 bits per heavy atom. The van der Waals surface area contributed by atoms with Crippen LogP contribution in [0, 0.1) is 0 Å². The molecule has 0 aliphatic heterocycles. The van der Waals surface area contributed by atoms with Gasteiger partial charge in [-0.2, -0.15) is 5.10 Å². The van der Waals surface area contributed by atoms with E-state index in [1.54, 1.807) is 4.68 Å². The Bertz CT molecular complexity index is 1800. The summed E-state index contributed by atoms with van der Waals surface area (Å²) in [6.07, 6.45) is 9.53. The lowest BCUT2D eigenvalue weighted by Gasteiger charge is -2.37. The number of imidazole rings is 1. The van der Waals surface area contributed by atoms with Crippen LogP contribution in [0.15, 0.2) is 140 Å². The van der Waals surface area contributed by atoms with E-state index in [9.17, 15) is 4.79 Å². The van der Waals surface area contributed by atoms with E-state index in [0.717, 1.165) is 51.1 Å². The Morgan fingerprint density at radius 3 is 1.90 bits per heavy atom. The van der Waals surface area contributed by atoms with Gasteiger partial charge in [0.1, 0.15) is 11.2 Å². The molecule has 0 bridgehead atoms. The van der Waals surface area contributed by atoms with Crippen molar-refractivity contribution in [2.75, 3.05) is 0 Å². The lowest BCUT2D eigenvalue weighted by molar-refractivity contribution is 0.102. The highest BCUT2D eigenvalue weighted by atomic mass is 16.1. The van der Waals surface area contributed by atoms with Gasteiger partial charge < -0.3 is 4.57 Å². The Hall–Kier alpha value is -5.29. The molecular weight excluding hydrogens is 516 g/mol. The van der Waals surface area contributed by atoms with Crippen LogP contribution in [-0.4, -0.2) is 25.1 Å². The van der Waals surface area contributed by atoms with Gasteiger partial charge in [0.25, 0.3) is 0 Å². The van der Waals surface area contributed by atoms with Gasteiger partial charge in [-0.1, -0.05) is 115 Å². The molecule has 2 heterocycles. The zero-order valence-corrected chi connectivity index (χ0v) is 23.4. The predicted octanol–water partition coefficient (Wildman–Crippen LogP) is 7.34. The highest BCUT2D eigenvalue weighted by Gasteiger charge is 2.38. The van der Waals surface area contributed by atoms with Gasteiger partial charge >= 0.3 is 0 Å². The Labute approximate surface area is 245 Å². The zero-order chi connectivity index (χ0) is 28.5. The maximum absolute atomic E-state index is 13.3. The normalized spacial score (nSPS) is 14.2. The van der Waals surface area contributed by atoms with E-state index in [4.69, 9.17) is 4.98 Å². The number of allylic oxidation sites excluding steroid dienone is 1. The van der Waals surface area contributed by atoms with Crippen molar-refractivity contribution in [2.24, 2.45) is 7.05 Å². The van der Waals surface area contributed by atoms with Crippen molar-refractivity contribution in [3.8, 4) is 11.3 Å². The first-order chi connectivity index (χ1) is 20.6. The summed E-state index contributed by atoms with van der Waals surface area (Å²) in [5, 5.41) is 4.43. The van der Waals surface area contributed by atoms with Crippen molar-refractivity contribution in [3.05, 3.63) is 173 Å². The standard InChI is InChI=1S/C37H30N4O/c1-40-24-29-22-21-28(36(42)35(29)39-40)23-27-13-11-12-20-33(27)34-25-41(26-38-34)37(30-14-5-2-6-15-30,31-16-7-3-8-17-31)32-18-9-4-10-19-32/h2-20,23-26H,21-22H2,1H3/b28-23+. The molecule has 1 aliphatic rings. The summed E-state index contributed by atoms with van der Waals surface area (Å²) in [6.45, 7) is 0. The fraction of sp³-hybridized carbons (Fsp3) is 0.108. The van der Waals surface area contributed by atoms with E-state index in [1.165, 1.54) is 0 Å². The first-order valence-corrected chi connectivity index (χ1v) is 14.2. The third-order valence-corrected chi connectivity index (χ3v) is 8.19. The van der Waals surface area contributed by atoms with Crippen molar-refractivity contribution < 1.29 is 4.79 Å². The number of hydrogen-bond donors (Lipinski definition) is 0. The van der Waals surface area contributed by atoms with Crippen LogP contribution >= 0.6 is 0 Å². The minimum Gasteiger partial charge on any atom is -0.318 e. The summed E-state index contributed by atoms with van der Waals surface area (Å²) in [4.78, 5) is 18.3. The second-order valence-electron chi connectivity index (χ2n) is 10.7. The Kier molecular flexibility index (Phi) is 6.48. The first kappa shape index (κ1) is 25.7. The molecule has 0 amide bonds. The van der Waals surface area contributed by atoms with Crippen LogP contribution in [0.3, 0.4) is 0 Å². The second kappa shape index (κ2) is 10.6. The van der Waals surface area contributed by atoms with Gasteiger partial charge in [-0.3, -0.25) is 9.48 Å². The molecule has 0 unspecified atom stereocenters. The molecule has 5 heteroatoms. The minimum absolute atomic E-state index is 0.00781. The largest absolute Gasteiger partial charge is 0.318 e. The maximum Gasteiger partial charge on any atom is 0.209 e. The highest BCUT2D eigenvalue weighted by molar-refractivity contribution is 6.12. The van der Waals surface area contributed by atoms with E-state index in [1.807, 2.05) is 56.0 Å². The summed E-state index contributed by atoms with van der Waals surface area (Å²) in [5.74, 6) is 0.00781. The van der Waals surface area contributed by atoms with Crippen molar-refractivity contribution in [1.82, 2.24) is 19.3 Å². The molecule has 0 radical (unpaired) electrons. The average Bonchev–Trinajstić information content (AvgIpc) is 3.68. The van der Waals surface area contributed by atoms with Crippen LogP contribution in [0.4, 0.5) is 0 Å². The van der Waals surface area contributed by atoms with Crippen molar-refractivity contribution in [1.29, 1.82) is 0 Å². The lowest BCUT2D eigenvalue weighted by atomic mass is 9.77. The molecule has 5 nitrogen and oxygen atoms in total. The number of carbonyl (C=O) groups is 1. The number of fused-ring (bicyclic) bond motifs is 1. The first-order valence-electron chi connectivity index (χ1n) is 14.2. The van der Waals surface area contributed by atoms with E-state index >= 15 is 0 Å². The molecule has 1 aliphatic carbocycles. The number of aromatic nitrogens is 4. The van der Waals surface area contributed by atoms with Crippen molar-refractivity contribution in [2.45, 2.75) is 18.4 Å². The summed E-state index contributed by atoms with van der Waals surface area (Å²) < 4.78 is 3.95. The van der Waals surface area contributed by atoms with Gasteiger partial charge in [-0.15, -0.1) is 0 Å². The molecule has 0 fully saturated rings. The van der Waals surface area contributed by atoms with Gasteiger partial charge in [0, 0.05) is 36.1 Å². The van der Waals surface area contributed by atoms with Crippen LogP contribution in [0.25, 0.3) is 17.3 Å². The zero-order valence-electron chi connectivity index (χ0n) is 23.4. The van der Waals surface area contributed by atoms with Gasteiger partial charge in [-0.25, -0.2) is 4.98 Å². The average molecular weight is 547 g/mol. The van der Waals surface area contributed by atoms with Gasteiger partial charge in [0.15, 0.2) is 0 Å². The van der Waals surface area contributed by atoms with Gasteiger partial charge in [-0.05, 0) is 41.2 Å². The second-order valence-corrected chi connectivity index (χ2v) is 10.7. The summed E-state index contributed by atoms with van der Waals surface area (Å²) in [5.41, 5.74) is 7.93. The number of aryl methyl sites for hydroxylation is 2. The highest BCUT2D eigenvalue weighted by Crippen LogP contribution is 2.41. The van der Waals surface area contributed by atoms with Gasteiger partial charge in [0.05, 0.1) is 12.0 Å². The molecule has 0 N–H and O–H groups in total. The van der Waals surface area contributed by atoms with Gasteiger partial charge in [0.2, 0.25) is 5.78 Å². The SMILES string of the molecule is Cn1cc2c(n1)C(=O)/C(=C/c1ccccc1-c1cn(C(c3ccccc3)(c3ccccc3)c3ccccc3)cn1)CC2. The number of ketones is 1. The predicted molar refractivity (Wildman–Crippen MR) is 166 cm³/mol. The molecule has 0 spiro atoms. The number of Topliss-reactive ketones (excluding diaryl/α,β-unsaturated/α-hetero) is 1. The molecule has 0 saturated carbocycles. The van der Waals surface area contributed by atoms with Crippen molar-refractivity contribution >= 4 is 11.9 Å². The molecule has 42 heavy (non-hydrogen) atoms. The minimum atomic E-state index is -0.642. The number of carbonyl (C=O) groups excluding carboxylic acids is 1. The molecule has 0 saturated heterocycles. The van der Waals surface area contributed by atoms with E-state index in [0.29, 0.717) is 12.1 Å². The van der Waals surface area contributed by atoms with Crippen LogP contribution in [0.5, 0.6) is 0 Å². The summed E-state index contributed by atoms with van der Waals surface area (Å²) >= 11 is 0.